The van der Waals surface area contributed by atoms with E-state index >= 15 is 0 Å². The van der Waals surface area contributed by atoms with E-state index in [1.165, 1.54) is 0 Å². The van der Waals surface area contributed by atoms with Crippen LogP contribution in [-0.2, 0) is 31.2 Å². The highest BCUT2D eigenvalue weighted by atomic mass is 79.9. The Hall–Kier alpha value is -0.960. The molecule has 264 valence electrons. The van der Waals surface area contributed by atoms with Crippen molar-refractivity contribution in [2.24, 2.45) is 0 Å². The van der Waals surface area contributed by atoms with Crippen LogP contribution in [0, 0.1) is 0 Å². The fraction of sp³-hybridized carbons (Fsp3) is 0.641. The highest BCUT2D eigenvalue weighted by Crippen LogP contribution is 2.51. The number of benzene rings is 2. The normalized spacial score (nSPS) is 13.1. The van der Waals surface area contributed by atoms with Gasteiger partial charge in [-0.2, -0.15) is 0 Å². The first-order valence-corrected chi connectivity index (χ1v) is 20.5. The van der Waals surface area contributed by atoms with E-state index in [0.717, 1.165) is 55.5 Å². The molecule has 0 aliphatic rings. The lowest BCUT2D eigenvalue weighted by Crippen LogP contribution is -2.23. The summed E-state index contributed by atoms with van der Waals surface area (Å²) in [5.41, 5.74) is 3.22. The van der Waals surface area contributed by atoms with Gasteiger partial charge in [0.1, 0.15) is 11.5 Å². The molecule has 0 bridgehead atoms. The lowest BCUT2D eigenvalue weighted by molar-refractivity contribution is -0.135. The standard InChI is InChI=1S/C39H58Br2O4S2/c1-35(2,3)27-21-25(22-28(36(4,5)6)33(27)44-31(42)17-15-19-40)46-39(13,14)47-26-23-29(37(7,8)9)34(30(24-26)38(10,11)12)45-32(43)18-16-20-41/h21-24H,15-20H2,1-14H3. The second kappa shape index (κ2) is 16.4. The Bertz CT molecular complexity index is 1230. The van der Waals surface area contributed by atoms with Crippen molar-refractivity contribution in [2.75, 3.05) is 10.7 Å². The average molecular weight is 815 g/mol. The van der Waals surface area contributed by atoms with Gasteiger partial charge in [0.2, 0.25) is 0 Å². The van der Waals surface area contributed by atoms with Crippen molar-refractivity contribution in [3.8, 4) is 11.5 Å². The number of rotatable bonds is 12. The van der Waals surface area contributed by atoms with E-state index in [4.69, 9.17) is 9.47 Å². The molecule has 47 heavy (non-hydrogen) atoms. The van der Waals surface area contributed by atoms with E-state index in [1.807, 2.05) is 23.5 Å². The van der Waals surface area contributed by atoms with Crippen LogP contribution in [0.4, 0.5) is 0 Å². The molecule has 0 radical (unpaired) electrons. The second-order valence-corrected chi connectivity index (χ2v) is 22.1. The van der Waals surface area contributed by atoms with Gasteiger partial charge in [-0.3, -0.25) is 9.59 Å². The zero-order chi connectivity index (χ0) is 36.2. The predicted molar refractivity (Wildman–Crippen MR) is 211 cm³/mol. The molecular formula is C39H58Br2O4S2. The Morgan fingerprint density at radius 1 is 0.532 bits per heavy atom. The third kappa shape index (κ3) is 12.7. The van der Waals surface area contributed by atoms with Gasteiger partial charge in [0, 0.05) is 55.5 Å². The van der Waals surface area contributed by atoms with E-state index < -0.39 is 0 Å². The lowest BCUT2D eigenvalue weighted by Gasteiger charge is -2.33. The Morgan fingerprint density at radius 2 is 0.787 bits per heavy atom. The minimum absolute atomic E-state index is 0.196. The number of carbonyl (C=O) groups excluding carboxylic acids is 2. The molecule has 2 aromatic rings. The third-order valence-electron chi connectivity index (χ3n) is 7.55. The lowest BCUT2D eigenvalue weighted by atomic mass is 9.79. The molecule has 0 atom stereocenters. The fourth-order valence-electron chi connectivity index (χ4n) is 5.11. The highest BCUT2D eigenvalue weighted by Gasteiger charge is 2.33. The summed E-state index contributed by atoms with van der Waals surface area (Å²) in [5, 5.41) is 1.53. The van der Waals surface area contributed by atoms with E-state index in [0.29, 0.717) is 24.3 Å². The zero-order valence-electron chi connectivity index (χ0n) is 31.3. The van der Waals surface area contributed by atoms with Gasteiger partial charge in [-0.05, 0) is 72.6 Å². The Labute approximate surface area is 311 Å². The van der Waals surface area contributed by atoms with E-state index in [-0.39, 0.29) is 37.7 Å². The summed E-state index contributed by atoms with van der Waals surface area (Å²) in [5.74, 6) is 1.01. The largest absolute Gasteiger partial charge is 0.426 e. The van der Waals surface area contributed by atoms with Crippen LogP contribution in [0.5, 0.6) is 11.5 Å². The first kappa shape index (κ1) is 42.2. The number of hydrogen-bond acceptors (Lipinski definition) is 6. The molecule has 0 unspecified atom stereocenters. The van der Waals surface area contributed by atoms with Crippen LogP contribution in [-0.4, -0.2) is 26.7 Å². The Morgan fingerprint density at radius 3 is 1.00 bits per heavy atom. The monoisotopic (exact) mass is 812 g/mol. The van der Waals surface area contributed by atoms with Crippen LogP contribution in [0.15, 0.2) is 34.1 Å². The molecule has 0 aromatic heterocycles. The van der Waals surface area contributed by atoms with Crippen molar-refractivity contribution in [3.05, 3.63) is 46.5 Å². The highest BCUT2D eigenvalue weighted by molar-refractivity contribution is 9.09. The van der Waals surface area contributed by atoms with Crippen molar-refractivity contribution in [1.29, 1.82) is 0 Å². The van der Waals surface area contributed by atoms with Crippen molar-refractivity contribution >= 4 is 67.3 Å². The molecule has 2 aromatic carbocycles. The SMILES string of the molecule is CC(C)(Sc1cc(C(C)(C)C)c(OC(=O)CCCBr)c(C(C)(C)C)c1)Sc1cc(C(C)(C)C)c(OC(=O)CCCBr)c(C(C)(C)C)c1. The molecule has 0 aliphatic carbocycles. The van der Waals surface area contributed by atoms with Gasteiger partial charge in [-0.25, -0.2) is 0 Å². The molecule has 0 amide bonds. The molecule has 0 saturated carbocycles. The second-order valence-electron chi connectivity index (χ2n) is 16.8. The van der Waals surface area contributed by atoms with Gasteiger partial charge in [0.15, 0.2) is 0 Å². The summed E-state index contributed by atoms with van der Waals surface area (Å²) >= 11 is 10.5. The van der Waals surface area contributed by atoms with Crippen LogP contribution in [0.3, 0.4) is 0 Å². The number of carbonyl (C=O) groups is 2. The topological polar surface area (TPSA) is 52.6 Å². The molecule has 0 aliphatic heterocycles. The number of thioether (sulfide) groups is 2. The summed E-state index contributed by atoms with van der Waals surface area (Å²) in [6.45, 7) is 30.6. The summed E-state index contributed by atoms with van der Waals surface area (Å²) in [6.07, 6.45) is 2.23. The quantitative estimate of drug-likeness (QED) is 0.0699. The summed E-state index contributed by atoms with van der Waals surface area (Å²) in [6, 6.07) is 8.86. The Kier molecular flexibility index (Phi) is 14.7. The number of esters is 2. The van der Waals surface area contributed by atoms with Gasteiger partial charge in [0.25, 0.3) is 0 Å². The first-order chi connectivity index (χ1) is 21.3. The molecule has 0 saturated heterocycles. The number of hydrogen-bond donors (Lipinski definition) is 0. The molecule has 0 heterocycles. The average Bonchev–Trinajstić information content (AvgIpc) is 2.89. The van der Waals surface area contributed by atoms with Crippen LogP contribution < -0.4 is 9.47 Å². The molecule has 4 nitrogen and oxygen atoms in total. The first-order valence-electron chi connectivity index (χ1n) is 16.6. The van der Waals surface area contributed by atoms with Crippen molar-refractivity contribution in [3.63, 3.8) is 0 Å². The zero-order valence-corrected chi connectivity index (χ0v) is 36.1. The Balaban J connectivity index is 2.66. The predicted octanol–water partition coefficient (Wildman–Crippen LogP) is 12.7. The van der Waals surface area contributed by atoms with Crippen LogP contribution >= 0.6 is 55.4 Å². The number of halogens is 2. The maximum atomic E-state index is 12.9. The van der Waals surface area contributed by atoms with E-state index in [1.54, 1.807) is 0 Å². The van der Waals surface area contributed by atoms with Gasteiger partial charge < -0.3 is 9.47 Å². The van der Waals surface area contributed by atoms with Gasteiger partial charge >= 0.3 is 11.9 Å². The minimum Gasteiger partial charge on any atom is -0.426 e. The molecular weight excluding hydrogens is 756 g/mol. The summed E-state index contributed by atoms with van der Waals surface area (Å²) in [7, 11) is 0. The van der Waals surface area contributed by atoms with Gasteiger partial charge in [-0.1, -0.05) is 115 Å². The smallest absolute Gasteiger partial charge is 0.311 e. The summed E-state index contributed by atoms with van der Waals surface area (Å²) < 4.78 is 12.0. The van der Waals surface area contributed by atoms with Crippen LogP contribution in [0.1, 0.15) is 145 Å². The third-order valence-corrected chi connectivity index (χ3v) is 11.1. The van der Waals surface area contributed by atoms with Crippen molar-refractivity contribution < 1.29 is 19.1 Å². The van der Waals surface area contributed by atoms with Crippen LogP contribution in [0.2, 0.25) is 0 Å². The van der Waals surface area contributed by atoms with Gasteiger partial charge in [-0.15, -0.1) is 23.5 Å². The number of ether oxygens (including phenoxy) is 2. The van der Waals surface area contributed by atoms with Gasteiger partial charge in [0.05, 0.1) is 4.08 Å². The minimum atomic E-state index is -0.253. The maximum absolute atomic E-state index is 12.9. The molecule has 0 fully saturated rings. The summed E-state index contributed by atoms with van der Waals surface area (Å²) in [4.78, 5) is 28.1. The molecule has 2 rings (SSSR count). The maximum Gasteiger partial charge on any atom is 0.311 e. The van der Waals surface area contributed by atoms with Crippen molar-refractivity contribution in [2.45, 2.75) is 158 Å². The van der Waals surface area contributed by atoms with E-state index in [9.17, 15) is 9.59 Å². The number of alkyl halides is 2. The molecule has 8 heteroatoms. The molecule has 0 N–H and O–H groups in total. The molecule has 0 spiro atoms. The van der Waals surface area contributed by atoms with Crippen LogP contribution in [0.25, 0.3) is 0 Å². The van der Waals surface area contributed by atoms with E-state index in [2.05, 4.69) is 153 Å². The fourth-order valence-corrected chi connectivity index (χ4v) is 8.26. The van der Waals surface area contributed by atoms with Crippen molar-refractivity contribution in [1.82, 2.24) is 0 Å².